The van der Waals surface area contributed by atoms with Crippen LogP contribution >= 0.6 is 0 Å². The van der Waals surface area contributed by atoms with Crippen molar-refractivity contribution < 1.29 is 23.8 Å². The summed E-state index contributed by atoms with van der Waals surface area (Å²) >= 11 is 0. The van der Waals surface area contributed by atoms with E-state index >= 15 is 0 Å². The lowest BCUT2D eigenvalue weighted by atomic mass is 9.91. The Balaban J connectivity index is 2.98. The lowest BCUT2D eigenvalue weighted by Crippen LogP contribution is -2.23. The van der Waals surface area contributed by atoms with Crippen LogP contribution in [0.2, 0.25) is 0 Å². The van der Waals surface area contributed by atoms with Crippen LogP contribution in [-0.4, -0.2) is 16.2 Å². The third-order valence-electron chi connectivity index (χ3n) is 2.87. The van der Waals surface area contributed by atoms with Crippen molar-refractivity contribution in [3.05, 3.63) is 35.4 Å². The molecule has 0 aliphatic rings. The smallest absolute Gasteiger partial charge is 0.309 e. The summed E-state index contributed by atoms with van der Waals surface area (Å²) in [5, 5.41) is 18.9. The molecule has 100 valence electrons. The lowest BCUT2D eigenvalue weighted by Gasteiger charge is -2.19. The summed E-state index contributed by atoms with van der Waals surface area (Å²) in [6.07, 6.45) is 0.0560. The molecular weight excluding hydrogens is 242 g/mol. The summed E-state index contributed by atoms with van der Waals surface area (Å²) in [6, 6.07) is 3.37. The molecule has 0 saturated carbocycles. The van der Waals surface area contributed by atoms with Gasteiger partial charge in [0.1, 0.15) is 0 Å². The molecule has 1 aromatic rings. The molecule has 0 bridgehead atoms. The van der Waals surface area contributed by atoms with Gasteiger partial charge in [-0.1, -0.05) is 31.9 Å². The second-order valence-electron chi connectivity index (χ2n) is 4.17. The maximum atomic E-state index is 13.5. The number of halogens is 2. The quantitative estimate of drug-likeness (QED) is 0.824. The Morgan fingerprint density at radius 2 is 2.06 bits per heavy atom. The van der Waals surface area contributed by atoms with E-state index in [4.69, 9.17) is 5.11 Å². The predicted octanol–water partition coefficient (Wildman–Crippen LogP) is 2.89. The fourth-order valence-electron chi connectivity index (χ4n) is 1.81. The van der Waals surface area contributed by atoms with Gasteiger partial charge in [0, 0.05) is 5.56 Å². The van der Waals surface area contributed by atoms with Crippen LogP contribution in [-0.2, 0) is 4.79 Å². The van der Waals surface area contributed by atoms with Gasteiger partial charge in [-0.2, -0.15) is 0 Å². The SMILES string of the molecule is CCCCC(C(=O)O)C(O)c1cccc(F)c1F. The van der Waals surface area contributed by atoms with Crippen LogP contribution in [0.5, 0.6) is 0 Å². The molecule has 0 heterocycles. The molecule has 5 heteroatoms. The van der Waals surface area contributed by atoms with Crippen LogP contribution in [0.3, 0.4) is 0 Å². The number of aliphatic hydroxyl groups is 1. The Bertz CT molecular complexity index is 421. The number of hydrogen-bond acceptors (Lipinski definition) is 2. The Kier molecular flexibility index (Phi) is 5.22. The monoisotopic (exact) mass is 258 g/mol. The number of aliphatic carboxylic acids is 1. The Labute approximate surface area is 104 Å². The number of hydrogen-bond donors (Lipinski definition) is 2. The first kappa shape index (κ1) is 14.6. The van der Waals surface area contributed by atoms with Crippen LogP contribution in [0.4, 0.5) is 8.78 Å². The molecule has 18 heavy (non-hydrogen) atoms. The van der Waals surface area contributed by atoms with Gasteiger partial charge in [-0.15, -0.1) is 0 Å². The van der Waals surface area contributed by atoms with E-state index in [1.54, 1.807) is 0 Å². The van der Waals surface area contributed by atoms with E-state index in [1.165, 1.54) is 12.1 Å². The van der Waals surface area contributed by atoms with Gasteiger partial charge >= 0.3 is 5.97 Å². The number of benzene rings is 1. The van der Waals surface area contributed by atoms with Crippen molar-refractivity contribution >= 4 is 5.97 Å². The summed E-state index contributed by atoms with van der Waals surface area (Å²) in [5.41, 5.74) is -0.307. The summed E-state index contributed by atoms with van der Waals surface area (Å²) in [5.74, 6) is -4.61. The second-order valence-corrected chi connectivity index (χ2v) is 4.17. The zero-order valence-electron chi connectivity index (χ0n) is 10.1. The topological polar surface area (TPSA) is 57.5 Å². The van der Waals surface area contributed by atoms with E-state index in [-0.39, 0.29) is 12.0 Å². The number of carboxylic acids is 1. The third-order valence-corrected chi connectivity index (χ3v) is 2.87. The molecule has 0 fully saturated rings. The van der Waals surface area contributed by atoms with Gasteiger partial charge in [-0.05, 0) is 12.5 Å². The number of carbonyl (C=O) groups is 1. The summed E-state index contributed by atoms with van der Waals surface area (Å²) in [4.78, 5) is 11.0. The minimum atomic E-state index is -1.54. The van der Waals surface area contributed by atoms with E-state index in [0.717, 1.165) is 12.5 Å². The number of rotatable bonds is 6. The molecule has 2 unspecified atom stereocenters. The molecule has 3 nitrogen and oxygen atoms in total. The minimum Gasteiger partial charge on any atom is -0.481 e. The number of aliphatic hydroxyl groups excluding tert-OH is 1. The van der Waals surface area contributed by atoms with Crippen LogP contribution in [0.15, 0.2) is 18.2 Å². The maximum absolute atomic E-state index is 13.5. The molecule has 0 spiro atoms. The first-order valence-corrected chi connectivity index (χ1v) is 5.83. The third kappa shape index (κ3) is 3.26. The highest BCUT2D eigenvalue weighted by atomic mass is 19.2. The Hall–Kier alpha value is -1.49. The molecule has 2 N–H and O–H groups in total. The van der Waals surface area contributed by atoms with E-state index in [1.807, 2.05) is 6.92 Å². The van der Waals surface area contributed by atoms with E-state index in [2.05, 4.69) is 0 Å². The van der Waals surface area contributed by atoms with Gasteiger partial charge in [-0.3, -0.25) is 4.79 Å². The molecule has 0 aliphatic heterocycles. The summed E-state index contributed by atoms with van der Waals surface area (Å²) in [7, 11) is 0. The van der Waals surface area contributed by atoms with E-state index < -0.39 is 29.6 Å². The van der Waals surface area contributed by atoms with Crippen molar-refractivity contribution in [3.63, 3.8) is 0 Å². The lowest BCUT2D eigenvalue weighted by molar-refractivity contribution is -0.146. The molecule has 2 atom stereocenters. The number of unbranched alkanes of at least 4 members (excludes halogenated alkanes) is 1. The first-order chi connectivity index (χ1) is 8.49. The molecule has 0 aromatic heterocycles. The minimum absolute atomic E-state index is 0.225. The number of carboxylic acid groups (broad SMARTS) is 1. The molecule has 0 radical (unpaired) electrons. The molecule has 1 aromatic carbocycles. The van der Waals surface area contributed by atoms with E-state index in [9.17, 15) is 18.7 Å². The van der Waals surface area contributed by atoms with Gasteiger partial charge in [0.15, 0.2) is 11.6 Å². The van der Waals surface area contributed by atoms with E-state index in [0.29, 0.717) is 6.42 Å². The fourth-order valence-corrected chi connectivity index (χ4v) is 1.81. The standard InChI is InChI=1S/C13H16F2O3/c1-2-3-5-9(13(17)18)12(16)8-6-4-7-10(14)11(8)15/h4,6-7,9,12,16H,2-3,5H2,1H3,(H,17,18). The molecule has 0 aliphatic carbocycles. The predicted molar refractivity (Wildman–Crippen MR) is 62.0 cm³/mol. The average molecular weight is 258 g/mol. The van der Waals surface area contributed by atoms with Gasteiger partial charge in [0.05, 0.1) is 12.0 Å². The highest BCUT2D eigenvalue weighted by Gasteiger charge is 2.29. The van der Waals surface area contributed by atoms with Crippen LogP contribution in [0.1, 0.15) is 37.9 Å². The van der Waals surface area contributed by atoms with Gasteiger partial charge < -0.3 is 10.2 Å². The molecule has 0 saturated heterocycles. The fraction of sp³-hybridized carbons (Fsp3) is 0.462. The second kappa shape index (κ2) is 6.44. The molecule has 0 amide bonds. The van der Waals surface area contributed by atoms with Crippen LogP contribution < -0.4 is 0 Å². The summed E-state index contributed by atoms with van der Waals surface area (Å²) < 4.78 is 26.5. The van der Waals surface area contributed by atoms with Crippen molar-refractivity contribution in [1.82, 2.24) is 0 Å². The largest absolute Gasteiger partial charge is 0.481 e. The van der Waals surface area contributed by atoms with Gasteiger partial charge in [0.25, 0.3) is 0 Å². The molecular formula is C13H16F2O3. The first-order valence-electron chi connectivity index (χ1n) is 5.83. The zero-order chi connectivity index (χ0) is 13.7. The molecule has 1 rings (SSSR count). The van der Waals surface area contributed by atoms with Crippen molar-refractivity contribution in [2.24, 2.45) is 5.92 Å². The Morgan fingerprint density at radius 3 is 2.61 bits per heavy atom. The normalized spacial score (nSPS) is 14.2. The average Bonchev–Trinajstić information content (AvgIpc) is 2.32. The zero-order valence-corrected chi connectivity index (χ0v) is 10.1. The van der Waals surface area contributed by atoms with Gasteiger partial charge in [0.2, 0.25) is 0 Å². The highest BCUT2D eigenvalue weighted by Crippen LogP contribution is 2.29. The highest BCUT2D eigenvalue weighted by molar-refractivity contribution is 5.71. The van der Waals surface area contributed by atoms with Crippen molar-refractivity contribution in [1.29, 1.82) is 0 Å². The van der Waals surface area contributed by atoms with Crippen molar-refractivity contribution in [2.75, 3.05) is 0 Å². The van der Waals surface area contributed by atoms with Crippen molar-refractivity contribution in [3.8, 4) is 0 Å². The van der Waals surface area contributed by atoms with Crippen LogP contribution in [0, 0.1) is 17.6 Å². The Morgan fingerprint density at radius 1 is 1.39 bits per heavy atom. The summed E-state index contributed by atoms with van der Waals surface area (Å²) in [6.45, 7) is 1.88. The van der Waals surface area contributed by atoms with Gasteiger partial charge in [-0.25, -0.2) is 8.78 Å². The maximum Gasteiger partial charge on any atom is 0.309 e. The van der Waals surface area contributed by atoms with Crippen molar-refractivity contribution in [2.45, 2.75) is 32.3 Å². The van der Waals surface area contributed by atoms with Crippen LogP contribution in [0.25, 0.3) is 0 Å².